The maximum atomic E-state index is 10.4. The Kier molecular flexibility index (Phi) is 3.96. The van der Waals surface area contributed by atoms with Gasteiger partial charge in [-0.05, 0) is 17.7 Å². The summed E-state index contributed by atoms with van der Waals surface area (Å²) < 4.78 is 0. The van der Waals surface area contributed by atoms with Crippen LogP contribution in [-0.2, 0) is 6.54 Å². The molecule has 0 aliphatic carbocycles. The highest BCUT2D eigenvalue weighted by Crippen LogP contribution is 2.02. The molecule has 0 aliphatic heterocycles. The van der Waals surface area contributed by atoms with Gasteiger partial charge in [0.05, 0.1) is 5.56 Å². The first-order valence-corrected chi connectivity index (χ1v) is 3.26. The zero-order valence-electron chi connectivity index (χ0n) is 6.45. The number of carboxylic acid groups (broad SMARTS) is 1. The highest BCUT2D eigenvalue weighted by Gasteiger charge is 1.99. The van der Waals surface area contributed by atoms with Gasteiger partial charge in [-0.15, -0.1) is 0 Å². The molecule has 12 heavy (non-hydrogen) atoms. The van der Waals surface area contributed by atoms with E-state index in [0.29, 0.717) is 12.1 Å². The van der Waals surface area contributed by atoms with Gasteiger partial charge in [-0.1, -0.05) is 12.1 Å². The third kappa shape index (κ3) is 2.34. The lowest BCUT2D eigenvalue weighted by Crippen LogP contribution is -1.99. The van der Waals surface area contributed by atoms with E-state index in [-0.39, 0.29) is 5.48 Å². The number of rotatable bonds is 2. The maximum absolute atomic E-state index is 10.4. The van der Waals surface area contributed by atoms with E-state index in [9.17, 15) is 4.79 Å². The summed E-state index contributed by atoms with van der Waals surface area (Å²) in [5.41, 5.74) is 6.56. The minimum absolute atomic E-state index is 0. The third-order valence-corrected chi connectivity index (χ3v) is 1.44. The van der Waals surface area contributed by atoms with Gasteiger partial charge >= 0.3 is 5.97 Å². The van der Waals surface area contributed by atoms with Crippen LogP contribution in [0.4, 0.5) is 0 Å². The molecule has 0 saturated carbocycles. The molecule has 0 aromatic heterocycles. The van der Waals surface area contributed by atoms with Crippen LogP contribution >= 0.6 is 0 Å². The van der Waals surface area contributed by atoms with Crippen LogP contribution in [0.25, 0.3) is 0 Å². The molecule has 1 aromatic carbocycles. The number of carbonyl (C=O) groups is 1. The van der Waals surface area contributed by atoms with Crippen molar-refractivity contribution >= 4 is 5.97 Å². The quantitative estimate of drug-likeness (QED) is 0.653. The fourth-order valence-corrected chi connectivity index (χ4v) is 0.783. The Morgan fingerprint density at radius 2 is 1.83 bits per heavy atom. The van der Waals surface area contributed by atoms with Crippen molar-refractivity contribution in [3.8, 4) is 0 Å². The van der Waals surface area contributed by atoms with Crippen molar-refractivity contribution in [2.75, 3.05) is 0 Å². The van der Waals surface area contributed by atoms with Crippen LogP contribution in [0, 0.1) is 0 Å². The van der Waals surface area contributed by atoms with E-state index in [4.69, 9.17) is 10.8 Å². The van der Waals surface area contributed by atoms with Crippen molar-refractivity contribution in [1.29, 1.82) is 0 Å². The van der Waals surface area contributed by atoms with Crippen LogP contribution in [0.1, 0.15) is 15.9 Å². The summed E-state index contributed by atoms with van der Waals surface area (Å²) in [5.74, 6) is -0.909. The molecular formula is C8H11NO3. The smallest absolute Gasteiger partial charge is 0.335 e. The molecule has 0 saturated heterocycles. The molecular weight excluding hydrogens is 158 g/mol. The molecule has 0 heterocycles. The number of carboxylic acids is 1. The molecule has 1 aromatic rings. The van der Waals surface area contributed by atoms with Crippen LogP contribution in [0.15, 0.2) is 24.3 Å². The van der Waals surface area contributed by atoms with E-state index < -0.39 is 5.97 Å². The fraction of sp³-hybridized carbons (Fsp3) is 0.125. The number of hydrogen-bond donors (Lipinski definition) is 2. The molecule has 0 aliphatic rings. The largest absolute Gasteiger partial charge is 0.478 e. The van der Waals surface area contributed by atoms with Gasteiger partial charge in [0, 0.05) is 6.54 Å². The van der Waals surface area contributed by atoms with Crippen molar-refractivity contribution in [2.45, 2.75) is 6.54 Å². The van der Waals surface area contributed by atoms with Gasteiger partial charge in [-0.25, -0.2) is 4.79 Å². The molecule has 4 nitrogen and oxygen atoms in total. The second-order valence-corrected chi connectivity index (χ2v) is 2.21. The Morgan fingerprint density at radius 3 is 2.17 bits per heavy atom. The van der Waals surface area contributed by atoms with Crippen molar-refractivity contribution in [2.24, 2.45) is 5.73 Å². The molecule has 0 unspecified atom stereocenters. The van der Waals surface area contributed by atoms with E-state index in [1.165, 1.54) is 0 Å². The topological polar surface area (TPSA) is 94.8 Å². The van der Waals surface area contributed by atoms with Gasteiger partial charge < -0.3 is 16.3 Å². The summed E-state index contributed by atoms with van der Waals surface area (Å²) in [5, 5.41) is 8.52. The van der Waals surface area contributed by atoms with Crippen molar-refractivity contribution in [3.05, 3.63) is 35.4 Å². The predicted octanol–water partition coefficient (Wildman–Crippen LogP) is 0.0188. The van der Waals surface area contributed by atoms with E-state index in [1.807, 2.05) is 0 Å². The predicted molar refractivity (Wildman–Crippen MR) is 44.9 cm³/mol. The van der Waals surface area contributed by atoms with Crippen molar-refractivity contribution in [3.63, 3.8) is 0 Å². The normalized spacial score (nSPS) is 8.75. The maximum Gasteiger partial charge on any atom is 0.335 e. The molecule has 66 valence electrons. The lowest BCUT2D eigenvalue weighted by Gasteiger charge is -1.96. The summed E-state index contributed by atoms with van der Waals surface area (Å²) >= 11 is 0. The van der Waals surface area contributed by atoms with Gasteiger partial charge in [-0.2, -0.15) is 0 Å². The average Bonchev–Trinajstić information content (AvgIpc) is 2.05. The SMILES string of the molecule is NCc1ccc(C(=O)O)cc1.O. The summed E-state index contributed by atoms with van der Waals surface area (Å²) in [4.78, 5) is 10.4. The molecule has 0 fully saturated rings. The van der Waals surface area contributed by atoms with Crippen LogP contribution in [-0.4, -0.2) is 16.6 Å². The van der Waals surface area contributed by atoms with Crippen LogP contribution < -0.4 is 5.73 Å². The number of hydrogen-bond acceptors (Lipinski definition) is 2. The zero-order chi connectivity index (χ0) is 8.27. The van der Waals surface area contributed by atoms with Crippen LogP contribution in [0.5, 0.6) is 0 Å². The highest BCUT2D eigenvalue weighted by molar-refractivity contribution is 5.87. The Hall–Kier alpha value is -1.39. The molecule has 0 atom stereocenters. The van der Waals surface area contributed by atoms with Crippen molar-refractivity contribution in [1.82, 2.24) is 0 Å². The monoisotopic (exact) mass is 169 g/mol. The Bertz CT molecular complexity index is 256. The van der Waals surface area contributed by atoms with Crippen LogP contribution in [0.3, 0.4) is 0 Å². The lowest BCUT2D eigenvalue weighted by molar-refractivity contribution is 0.0697. The number of aromatic carboxylic acids is 1. The first-order chi connectivity index (χ1) is 5.24. The van der Waals surface area contributed by atoms with Crippen molar-refractivity contribution < 1.29 is 15.4 Å². The summed E-state index contributed by atoms with van der Waals surface area (Å²) in [7, 11) is 0. The zero-order valence-corrected chi connectivity index (χ0v) is 6.45. The molecule has 0 bridgehead atoms. The second-order valence-electron chi connectivity index (χ2n) is 2.21. The van der Waals surface area contributed by atoms with Crippen LogP contribution in [0.2, 0.25) is 0 Å². The second kappa shape index (κ2) is 4.48. The molecule has 0 amide bonds. The number of nitrogens with two attached hydrogens (primary N) is 1. The van der Waals surface area contributed by atoms with Gasteiger partial charge in [0.1, 0.15) is 0 Å². The number of benzene rings is 1. The minimum atomic E-state index is -0.909. The summed E-state index contributed by atoms with van der Waals surface area (Å²) in [6.07, 6.45) is 0. The molecule has 0 radical (unpaired) electrons. The summed E-state index contributed by atoms with van der Waals surface area (Å²) in [6.45, 7) is 0.444. The average molecular weight is 169 g/mol. The molecule has 5 N–H and O–H groups in total. The Morgan fingerprint density at radius 1 is 1.33 bits per heavy atom. The van der Waals surface area contributed by atoms with Gasteiger partial charge in [0.25, 0.3) is 0 Å². The highest BCUT2D eigenvalue weighted by atomic mass is 16.4. The van der Waals surface area contributed by atoms with E-state index >= 15 is 0 Å². The van der Waals surface area contributed by atoms with Gasteiger partial charge in [0.2, 0.25) is 0 Å². The van der Waals surface area contributed by atoms with E-state index in [2.05, 4.69) is 0 Å². The molecule has 4 heteroatoms. The van der Waals surface area contributed by atoms with Gasteiger partial charge in [0.15, 0.2) is 0 Å². The molecule has 0 spiro atoms. The fourth-order valence-electron chi connectivity index (χ4n) is 0.783. The first-order valence-electron chi connectivity index (χ1n) is 3.26. The molecule has 1 rings (SSSR count). The first kappa shape index (κ1) is 10.6. The Balaban J connectivity index is 0.00000121. The lowest BCUT2D eigenvalue weighted by atomic mass is 10.1. The van der Waals surface area contributed by atoms with E-state index in [1.54, 1.807) is 24.3 Å². The van der Waals surface area contributed by atoms with E-state index in [0.717, 1.165) is 5.56 Å². The third-order valence-electron chi connectivity index (χ3n) is 1.44. The van der Waals surface area contributed by atoms with Gasteiger partial charge in [-0.3, -0.25) is 0 Å². The summed E-state index contributed by atoms with van der Waals surface area (Å²) in [6, 6.07) is 6.52. The standard InChI is InChI=1S/C8H9NO2.H2O/c9-5-6-1-3-7(4-2-6)8(10)11;/h1-4H,5,9H2,(H,10,11);1H2. The minimum Gasteiger partial charge on any atom is -0.478 e. The Labute approximate surface area is 69.9 Å².